The zero-order valence-corrected chi connectivity index (χ0v) is 4.99. The fourth-order valence-corrected chi connectivity index (χ4v) is 0.664. The Kier molecular flexibility index (Phi) is 1.32. The van der Waals surface area contributed by atoms with E-state index in [2.05, 4.69) is 5.92 Å². The van der Waals surface area contributed by atoms with E-state index in [0.717, 1.165) is 5.57 Å². The topological polar surface area (TPSA) is 9.23 Å². The van der Waals surface area contributed by atoms with Gasteiger partial charge in [-0.3, -0.25) is 0 Å². The van der Waals surface area contributed by atoms with E-state index in [-0.39, 0.29) is 0 Å². The molecule has 0 aliphatic carbocycles. The highest BCUT2D eigenvalue weighted by Gasteiger charge is 2.07. The van der Waals surface area contributed by atoms with Crippen molar-refractivity contribution in [2.24, 2.45) is 0 Å². The van der Waals surface area contributed by atoms with Gasteiger partial charge in [-0.1, -0.05) is 5.92 Å². The fraction of sp³-hybridized carbons (Fsp3) is 0.167. The van der Waals surface area contributed by atoms with Gasteiger partial charge in [-0.15, -0.1) is 6.42 Å². The average molecular weight is 124 g/mol. The lowest BCUT2D eigenvalue weighted by Crippen LogP contribution is -1.85. The number of hydrogen-bond donors (Lipinski definition) is 0. The smallest absolute Gasteiger partial charge is 0.171 e. The average Bonchev–Trinajstić information content (AvgIpc) is 2.14. The molecule has 0 N–H and O–H groups in total. The maximum absolute atomic E-state index is 5.04. The summed E-state index contributed by atoms with van der Waals surface area (Å²) in [7, 11) is 0. The summed E-state index contributed by atoms with van der Waals surface area (Å²) >= 11 is 4.69. The third-order valence-corrected chi connectivity index (χ3v) is 1.09. The van der Waals surface area contributed by atoms with Crippen LogP contribution in [0.15, 0.2) is 11.8 Å². The van der Waals surface area contributed by atoms with Crippen LogP contribution in [0.5, 0.6) is 0 Å². The third-order valence-electron chi connectivity index (χ3n) is 0.853. The molecule has 0 saturated carbocycles. The molecule has 0 unspecified atom stereocenters. The molecule has 1 aliphatic rings. The molecule has 0 atom stereocenters. The van der Waals surface area contributed by atoms with Crippen LogP contribution in [-0.4, -0.2) is 5.05 Å². The van der Waals surface area contributed by atoms with Gasteiger partial charge in [0.2, 0.25) is 0 Å². The van der Waals surface area contributed by atoms with Crippen LogP contribution in [0.3, 0.4) is 0 Å². The first kappa shape index (κ1) is 5.33. The molecule has 0 amide bonds. The summed E-state index contributed by atoms with van der Waals surface area (Å²) in [6.07, 6.45) is 7.19. The second-order valence-corrected chi connectivity index (χ2v) is 1.91. The van der Waals surface area contributed by atoms with Gasteiger partial charge in [0.15, 0.2) is 5.05 Å². The maximum Gasteiger partial charge on any atom is 0.171 e. The van der Waals surface area contributed by atoms with Gasteiger partial charge in [0.25, 0.3) is 0 Å². The van der Waals surface area contributed by atoms with Crippen LogP contribution in [0.25, 0.3) is 0 Å². The molecule has 2 heteroatoms. The van der Waals surface area contributed by atoms with Crippen molar-refractivity contribution in [2.75, 3.05) is 0 Å². The van der Waals surface area contributed by atoms with E-state index >= 15 is 0 Å². The van der Waals surface area contributed by atoms with Crippen molar-refractivity contribution in [3.8, 4) is 12.3 Å². The standard InChI is InChI=1S/C6H4OS/c1-2-5-3-6(8)7-4-5/h1,4H,3H2. The van der Waals surface area contributed by atoms with Gasteiger partial charge in [0, 0.05) is 5.57 Å². The summed E-state index contributed by atoms with van der Waals surface area (Å²) in [5.74, 6) is 2.44. The van der Waals surface area contributed by atoms with Crippen LogP contribution in [-0.2, 0) is 4.74 Å². The first-order chi connectivity index (χ1) is 3.83. The van der Waals surface area contributed by atoms with Crippen LogP contribution in [0.4, 0.5) is 0 Å². The van der Waals surface area contributed by atoms with Crippen molar-refractivity contribution < 1.29 is 4.74 Å². The summed E-state index contributed by atoms with van der Waals surface area (Å²) in [5.41, 5.74) is 0.829. The van der Waals surface area contributed by atoms with Gasteiger partial charge >= 0.3 is 0 Å². The van der Waals surface area contributed by atoms with E-state index in [1.165, 1.54) is 6.26 Å². The third kappa shape index (κ3) is 0.877. The van der Waals surface area contributed by atoms with Gasteiger partial charge in [-0.2, -0.15) is 0 Å². The summed E-state index contributed by atoms with van der Waals surface area (Å²) in [6.45, 7) is 0. The maximum atomic E-state index is 5.04. The van der Waals surface area contributed by atoms with Crippen molar-refractivity contribution in [1.29, 1.82) is 0 Å². The van der Waals surface area contributed by atoms with Crippen molar-refractivity contribution in [1.82, 2.24) is 0 Å². The number of terminal acetylenes is 1. The molecule has 1 nitrogen and oxygen atoms in total. The van der Waals surface area contributed by atoms with Gasteiger partial charge in [-0.05, 0) is 12.2 Å². The van der Waals surface area contributed by atoms with Gasteiger partial charge in [-0.25, -0.2) is 0 Å². The van der Waals surface area contributed by atoms with Gasteiger partial charge in [0.05, 0.1) is 6.42 Å². The Labute approximate surface area is 53.3 Å². The van der Waals surface area contributed by atoms with Crippen LogP contribution in [0.1, 0.15) is 6.42 Å². The second kappa shape index (κ2) is 1.97. The van der Waals surface area contributed by atoms with E-state index in [1.807, 2.05) is 0 Å². The molecule has 1 heterocycles. The van der Waals surface area contributed by atoms with E-state index in [4.69, 9.17) is 23.4 Å². The van der Waals surface area contributed by atoms with Gasteiger partial charge in [0.1, 0.15) is 6.26 Å². The van der Waals surface area contributed by atoms with E-state index < -0.39 is 0 Å². The van der Waals surface area contributed by atoms with Crippen molar-refractivity contribution >= 4 is 17.3 Å². The molecule has 0 aromatic heterocycles. The largest absolute Gasteiger partial charge is 0.457 e. The quantitative estimate of drug-likeness (QED) is 0.355. The van der Waals surface area contributed by atoms with Crippen molar-refractivity contribution in [3.05, 3.63) is 11.8 Å². The molecule has 40 valence electrons. The highest BCUT2D eigenvalue weighted by Crippen LogP contribution is 2.10. The SMILES string of the molecule is C#CC1=COC(=S)C1. The summed E-state index contributed by atoms with van der Waals surface area (Å²) in [6, 6.07) is 0. The van der Waals surface area contributed by atoms with E-state index in [9.17, 15) is 0 Å². The summed E-state index contributed by atoms with van der Waals surface area (Å²) < 4.78 is 4.78. The predicted octanol–water partition coefficient (Wildman–Crippen LogP) is 1.25. The Balaban J connectivity index is 2.66. The highest BCUT2D eigenvalue weighted by atomic mass is 32.1. The number of thiocarbonyl (C=S) groups is 1. The molecule has 8 heavy (non-hydrogen) atoms. The minimum Gasteiger partial charge on any atom is -0.457 e. The monoisotopic (exact) mass is 124 g/mol. The highest BCUT2D eigenvalue weighted by molar-refractivity contribution is 7.80. The van der Waals surface area contributed by atoms with Crippen LogP contribution < -0.4 is 0 Å². The minimum absolute atomic E-state index is 0.568. The number of hydrogen-bond acceptors (Lipinski definition) is 2. The number of rotatable bonds is 0. The Morgan fingerprint density at radius 2 is 2.62 bits per heavy atom. The number of ether oxygens (including phenoxy) is 1. The molecule has 0 aromatic rings. The molecular formula is C6H4OS. The lowest BCUT2D eigenvalue weighted by Gasteiger charge is -1.83. The first-order valence-corrected chi connectivity index (χ1v) is 2.59. The Morgan fingerprint density at radius 1 is 1.88 bits per heavy atom. The first-order valence-electron chi connectivity index (χ1n) is 2.18. The molecule has 1 rings (SSSR count). The summed E-state index contributed by atoms with van der Waals surface area (Å²) in [4.78, 5) is 0. The second-order valence-electron chi connectivity index (χ2n) is 1.45. The molecule has 1 aliphatic heterocycles. The van der Waals surface area contributed by atoms with E-state index in [1.54, 1.807) is 0 Å². The van der Waals surface area contributed by atoms with Crippen molar-refractivity contribution in [3.63, 3.8) is 0 Å². The van der Waals surface area contributed by atoms with Crippen LogP contribution in [0, 0.1) is 12.3 Å². The molecular weight excluding hydrogens is 120 g/mol. The predicted molar refractivity (Wildman–Crippen MR) is 35.2 cm³/mol. The zero-order chi connectivity index (χ0) is 5.98. The van der Waals surface area contributed by atoms with Crippen LogP contribution in [0.2, 0.25) is 0 Å². The summed E-state index contributed by atoms with van der Waals surface area (Å²) in [5, 5.41) is 0.568. The Hall–Kier alpha value is -0.810. The lowest BCUT2D eigenvalue weighted by atomic mass is 10.2. The van der Waals surface area contributed by atoms with Crippen molar-refractivity contribution in [2.45, 2.75) is 6.42 Å². The molecule has 0 bridgehead atoms. The molecule has 0 aromatic carbocycles. The molecule has 0 fully saturated rings. The Morgan fingerprint density at radius 3 is 2.88 bits per heavy atom. The minimum atomic E-state index is 0.568. The van der Waals surface area contributed by atoms with E-state index in [0.29, 0.717) is 11.5 Å². The van der Waals surface area contributed by atoms with Gasteiger partial charge < -0.3 is 4.74 Å². The fourth-order valence-electron chi connectivity index (χ4n) is 0.461. The molecule has 0 radical (unpaired) electrons. The normalized spacial score (nSPS) is 16.9. The van der Waals surface area contributed by atoms with Crippen LogP contribution >= 0.6 is 12.2 Å². The zero-order valence-electron chi connectivity index (χ0n) is 4.18. The lowest BCUT2D eigenvalue weighted by molar-refractivity contribution is 0.495. The molecule has 0 spiro atoms. The molecule has 0 saturated heterocycles. The Bertz CT molecular complexity index is 185.